The zero-order valence-electron chi connectivity index (χ0n) is 9.44. The van der Waals surface area contributed by atoms with E-state index >= 15 is 0 Å². The summed E-state index contributed by atoms with van der Waals surface area (Å²) in [7, 11) is 0. The van der Waals surface area contributed by atoms with E-state index in [0.29, 0.717) is 5.41 Å². The van der Waals surface area contributed by atoms with Crippen LogP contribution in [-0.4, -0.2) is 26.2 Å². The third kappa shape index (κ3) is 3.25. The van der Waals surface area contributed by atoms with Crippen LogP contribution in [0.3, 0.4) is 0 Å². The number of hydrogen-bond donors (Lipinski definition) is 2. The molecule has 2 aliphatic rings. The van der Waals surface area contributed by atoms with Gasteiger partial charge in [0.1, 0.15) is 0 Å². The van der Waals surface area contributed by atoms with E-state index in [4.69, 9.17) is 0 Å². The average molecular weight is 196 g/mol. The van der Waals surface area contributed by atoms with Crippen molar-refractivity contribution in [2.24, 2.45) is 11.3 Å². The monoisotopic (exact) mass is 196 g/mol. The Morgan fingerprint density at radius 2 is 2.00 bits per heavy atom. The van der Waals surface area contributed by atoms with Gasteiger partial charge in [0.2, 0.25) is 0 Å². The molecule has 14 heavy (non-hydrogen) atoms. The van der Waals surface area contributed by atoms with E-state index in [0.717, 1.165) is 5.92 Å². The molecule has 82 valence electrons. The van der Waals surface area contributed by atoms with Gasteiger partial charge in [0.15, 0.2) is 0 Å². The zero-order chi connectivity index (χ0) is 9.86. The molecule has 0 aromatic heterocycles. The molecule has 0 aromatic carbocycles. The second kappa shape index (κ2) is 4.63. The lowest BCUT2D eigenvalue weighted by atomic mass is 9.95. The van der Waals surface area contributed by atoms with E-state index in [9.17, 15) is 0 Å². The van der Waals surface area contributed by atoms with Crippen molar-refractivity contribution in [3.63, 3.8) is 0 Å². The van der Waals surface area contributed by atoms with Gasteiger partial charge in [-0.3, -0.25) is 0 Å². The van der Waals surface area contributed by atoms with Crippen molar-refractivity contribution < 1.29 is 0 Å². The molecule has 1 saturated heterocycles. The quantitative estimate of drug-likeness (QED) is 0.655. The highest BCUT2D eigenvalue weighted by molar-refractivity contribution is 4.90. The molecule has 2 N–H and O–H groups in total. The first-order valence-electron chi connectivity index (χ1n) is 6.20. The maximum Gasteiger partial charge on any atom is 0.000517 e. The molecule has 1 saturated carbocycles. The number of nitrogens with one attached hydrogen (secondary N) is 2. The van der Waals surface area contributed by atoms with Gasteiger partial charge in [-0.15, -0.1) is 0 Å². The summed E-state index contributed by atoms with van der Waals surface area (Å²) in [6, 6.07) is 0. The third-order valence-corrected chi connectivity index (χ3v) is 3.84. The number of hydrogen-bond acceptors (Lipinski definition) is 2. The van der Waals surface area contributed by atoms with Gasteiger partial charge in [-0.1, -0.05) is 6.92 Å². The topological polar surface area (TPSA) is 24.1 Å². The highest BCUT2D eigenvalue weighted by Gasteiger charge is 2.36. The minimum Gasteiger partial charge on any atom is -0.317 e. The maximum atomic E-state index is 3.61. The fourth-order valence-corrected chi connectivity index (χ4v) is 2.26. The molecule has 1 heterocycles. The minimum absolute atomic E-state index is 0.675. The largest absolute Gasteiger partial charge is 0.317 e. The lowest BCUT2D eigenvalue weighted by Gasteiger charge is -2.22. The van der Waals surface area contributed by atoms with Crippen LogP contribution in [-0.2, 0) is 0 Å². The van der Waals surface area contributed by atoms with Crippen LogP contribution in [0.1, 0.15) is 39.0 Å². The van der Waals surface area contributed by atoms with Crippen LogP contribution in [0.15, 0.2) is 0 Å². The Morgan fingerprint density at radius 3 is 2.64 bits per heavy atom. The van der Waals surface area contributed by atoms with Gasteiger partial charge in [-0.05, 0) is 63.1 Å². The van der Waals surface area contributed by atoms with Gasteiger partial charge in [-0.2, -0.15) is 0 Å². The van der Waals surface area contributed by atoms with E-state index < -0.39 is 0 Å². The molecule has 2 nitrogen and oxygen atoms in total. The van der Waals surface area contributed by atoms with E-state index in [1.165, 1.54) is 58.3 Å². The second-order valence-electron chi connectivity index (χ2n) is 5.47. The first-order valence-corrected chi connectivity index (χ1v) is 6.20. The molecule has 0 radical (unpaired) electrons. The summed E-state index contributed by atoms with van der Waals surface area (Å²) in [4.78, 5) is 0. The standard InChI is InChI=1S/C12H24N2/c1-12(5-6-12)10-14-9-4-11-2-7-13-8-3-11/h11,13-14H,2-10H2,1H3. The Labute approximate surface area is 87.8 Å². The van der Waals surface area contributed by atoms with Gasteiger partial charge < -0.3 is 10.6 Å². The molecule has 0 aromatic rings. The predicted molar refractivity (Wildman–Crippen MR) is 60.4 cm³/mol. The normalized spacial score (nSPS) is 26.4. The molecule has 0 atom stereocenters. The first-order chi connectivity index (χ1) is 6.79. The summed E-state index contributed by atoms with van der Waals surface area (Å²) >= 11 is 0. The van der Waals surface area contributed by atoms with E-state index in [1.807, 2.05) is 0 Å². The summed E-state index contributed by atoms with van der Waals surface area (Å²) in [6.45, 7) is 7.35. The van der Waals surface area contributed by atoms with Crippen LogP contribution in [0.4, 0.5) is 0 Å². The number of piperidine rings is 1. The van der Waals surface area contributed by atoms with Crippen LogP contribution in [0.25, 0.3) is 0 Å². The average Bonchev–Trinajstić information content (AvgIpc) is 2.94. The fourth-order valence-electron chi connectivity index (χ4n) is 2.26. The third-order valence-electron chi connectivity index (χ3n) is 3.84. The van der Waals surface area contributed by atoms with E-state index in [2.05, 4.69) is 17.6 Å². The van der Waals surface area contributed by atoms with Gasteiger partial charge in [0.05, 0.1) is 0 Å². The van der Waals surface area contributed by atoms with Crippen LogP contribution in [0.2, 0.25) is 0 Å². The van der Waals surface area contributed by atoms with Crippen LogP contribution >= 0.6 is 0 Å². The smallest absolute Gasteiger partial charge is 0.000517 e. The van der Waals surface area contributed by atoms with Crippen molar-refractivity contribution >= 4 is 0 Å². The van der Waals surface area contributed by atoms with E-state index in [1.54, 1.807) is 0 Å². The van der Waals surface area contributed by atoms with Crippen molar-refractivity contribution in [2.75, 3.05) is 26.2 Å². The summed E-state index contributed by atoms with van der Waals surface area (Å²) < 4.78 is 0. The molecule has 0 bridgehead atoms. The Morgan fingerprint density at radius 1 is 1.29 bits per heavy atom. The summed E-state index contributed by atoms with van der Waals surface area (Å²) in [5.74, 6) is 0.982. The Kier molecular flexibility index (Phi) is 3.45. The van der Waals surface area contributed by atoms with Crippen molar-refractivity contribution in [1.29, 1.82) is 0 Å². The summed E-state index contributed by atoms with van der Waals surface area (Å²) in [5.41, 5.74) is 0.675. The highest BCUT2D eigenvalue weighted by Crippen LogP contribution is 2.43. The van der Waals surface area contributed by atoms with Crippen LogP contribution in [0.5, 0.6) is 0 Å². The molecule has 2 fully saturated rings. The van der Waals surface area contributed by atoms with Gasteiger partial charge in [0, 0.05) is 6.54 Å². The zero-order valence-corrected chi connectivity index (χ0v) is 9.44. The van der Waals surface area contributed by atoms with Gasteiger partial charge >= 0.3 is 0 Å². The Balaban J connectivity index is 1.49. The molecule has 0 amide bonds. The minimum atomic E-state index is 0.675. The van der Waals surface area contributed by atoms with Crippen LogP contribution < -0.4 is 10.6 Å². The predicted octanol–water partition coefficient (Wildman–Crippen LogP) is 1.77. The Hall–Kier alpha value is -0.0800. The van der Waals surface area contributed by atoms with Crippen LogP contribution in [0, 0.1) is 11.3 Å². The van der Waals surface area contributed by atoms with Crippen molar-refractivity contribution in [1.82, 2.24) is 10.6 Å². The lowest BCUT2D eigenvalue weighted by Crippen LogP contribution is -2.30. The molecular formula is C12H24N2. The second-order valence-corrected chi connectivity index (χ2v) is 5.47. The summed E-state index contributed by atoms with van der Waals surface area (Å²) in [5, 5.41) is 7.03. The van der Waals surface area contributed by atoms with E-state index in [-0.39, 0.29) is 0 Å². The van der Waals surface area contributed by atoms with Crippen molar-refractivity contribution in [3.05, 3.63) is 0 Å². The molecule has 1 aliphatic carbocycles. The maximum absolute atomic E-state index is 3.61. The number of rotatable bonds is 5. The fraction of sp³-hybridized carbons (Fsp3) is 1.00. The Bertz CT molecular complexity index is 169. The van der Waals surface area contributed by atoms with Crippen molar-refractivity contribution in [2.45, 2.75) is 39.0 Å². The molecule has 1 aliphatic heterocycles. The SMILES string of the molecule is CC1(CNCCC2CCNCC2)CC1. The molecule has 2 heteroatoms. The van der Waals surface area contributed by atoms with Crippen molar-refractivity contribution in [3.8, 4) is 0 Å². The van der Waals surface area contributed by atoms with Gasteiger partial charge in [-0.25, -0.2) is 0 Å². The lowest BCUT2D eigenvalue weighted by molar-refractivity contribution is 0.343. The summed E-state index contributed by atoms with van der Waals surface area (Å²) in [6.07, 6.45) is 7.04. The highest BCUT2D eigenvalue weighted by atomic mass is 14.9. The molecule has 2 rings (SSSR count). The molecule has 0 unspecified atom stereocenters. The molecular weight excluding hydrogens is 172 g/mol. The first kappa shape index (κ1) is 10.4. The van der Waals surface area contributed by atoms with Gasteiger partial charge in [0.25, 0.3) is 0 Å². The molecule has 0 spiro atoms.